The van der Waals surface area contributed by atoms with Crippen LogP contribution < -0.4 is 0 Å². The highest BCUT2D eigenvalue weighted by Crippen LogP contribution is 2.27. The summed E-state index contributed by atoms with van der Waals surface area (Å²) in [6.45, 7) is 1.20. The molecule has 0 amide bonds. The van der Waals surface area contributed by atoms with Crippen LogP contribution in [-0.2, 0) is 0 Å². The fourth-order valence-electron chi connectivity index (χ4n) is 1.12. The molecule has 0 fully saturated rings. The Kier molecular flexibility index (Phi) is 3.48. The molecule has 16 heavy (non-hydrogen) atoms. The molecule has 1 aromatic rings. The second kappa shape index (κ2) is 4.48. The lowest BCUT2D eigenvalue weighted by Crippen LogP contribution is -2.06. The van der Waals surface area contributed by atoms with Crippen LogP contribution in [0.2, 0.25) is 0 Å². The third-order valence-corrected chi connectivity index (χ3v) is 2.03. The van der Waals surface area contributed by atoms with Gasteiger partial charge >= 0.3 is 0 Å². The molecule has 0 bridgehead atoms. The Labute approximate surface area is 93.2 Å². The zero-order valence-electron chi connectivity index (χ0n) is 7.91. The molecular weight excluding hydrogens is 246 g/mol. The van der Waals surface area contributed by atoms with E-state index < -0.39 is 33.5 Å². The summed E-state index contributed by atoms with van der Waals surface area (Å²) in [5.41, 5.74) is -2.20. The lowest BCUT2D eigenvalue weighted by molar-refractivity contribution is -0.385. The number of carbonyl (C=O) groups is 1. The summed E-state index contributed by atoms with van der Waals surface area (Å²) >= 11 is 5.05. The number of halogens is 3. The molecular formula is C8H5ClF2N2O3. The van der Waals surface area contributed by atoms with Gasteiger partial charge in [0.1, 0.15) is 11.4 Å². The van der Waals surface area contributed by atoms with Crippen LogP contribution in [0.25, 0.3) is 0 Å². The lowest BCUT2D eigenvalue weighted by atomic mass is 10.1. The predicted octanol–water partition coefficient (Wildman–Crippen LogP) is 2.61. The lowest BCUT2D eigenvalue weighted by Gasteiger charge is -2.05. The quantitative estimate of drug-likeness (QED) is 0.469. The molecule has 0 aromatic carbocycles. The molecule has 1 aromatic heterocycles. The molecule has 0 saturated heterocycles. The Morgan fingerprint density at radius 2 is 2.19 bits per heavy atom. The molecule has 0 spiro atoms. The number of aromatic nitrogens is 1. The molecule has 0 atom stereocenters. The molecule has 0 aliphatic carbocycles. The van der Waals surface area contributed by atoms with E-state index in [9.17, 15) is 23.7 Å². The highest BCUT2D eigenvalue weighted by molar-refractivity contribution is 6.67. The summed E-state index contributed by atoms with van der Waals surface area (Å²) in [6, 6.07) is 0.708. The summed E-state index contributed by atoms with van der Waals surface area (Å²) in [5, 5.41) is 9.30. The third kappa shape index (κ3) is 2.30. The SMILES string of the molecule is Cc1nc(C(F)F)c(C(=O)Cl)cc1[N+](=O)[O-]. The summed E-state index contributed by atoms with van der Waals surface area (Å²) in [6.07, 6.45) is -3.02. The molecule has 5 nitrogen and oxygen atoms in total. The van der Waals surface area contributed by atoms with Crippen LogP contribution >= 0.6 is 11.6 Å². The number of hydrogen-bond acceptors (Lipinski definition) is 4. The van der Waals surface area contributed by atoms with E-state index in [1.807, 2.05) is 0 Å². The van der Waals surface area contributed by atoms with Gasteiger partial charge in [-0.2, -0.15) is 0 Å². The normalized spacial score (nSPS) is 10.6. The van der Waals surface area contributed by atoms with Gasteiger partial charge < -0.3 is 0 Å². The van der Waals surface area contributed by atoms with Crippen LogP contribution in [0.4, 0.5) is 14.5 Å². The first-order valence-corrected chi connectivity index (χ1v) is 4.36. The van der Waals surface area contributed by atoms with Crippen molar-refractivity contribution in [2.24, 2.45) is 0 Å². The average molecular weight is 251 g/mol. The van der Waals surface area contributed by atoms with Gasteiger partial charge in [-0.05, 0) is 18.5 Å². The van der Waals surface area contributed by atoms with E-state index in [1.54, 1.807) is 0 Å². The first-order chi connectivity index (χ1) is 7.34. The van der Waals surface area contributed by atoms with Crippen molar-refractivity contribution in [2.45, 2.75) is 13.3 Å². The fourth-order valence-corrected chi connectivity index (χ4v) is 1.27. The monoisotopic (exact) mass is 250 g/mol. The smallest absolute Gasteiger partial charge is 0.276 e. The van der Waals surface area contributed by atoms with Gasteiger partial charge in [-0.3, -0.25) is 14.9 Å². The topological polar surface area (TPSA) is 73.1 Å². The van der Waals surface area contributed by atoms with Crippen molar-refractivity contribution >= 4 is 22.5 Å². The maximum Gasteiger partial charge on any atom is 0.291 e. The number of alkyl halides is 2. The van der Waals surface area contributed by atoms with E-state index in [1.165, 1.54) is 6.92 Å². The van der Waals surface area contributed by atoms with Gasteiger partial charge in [0.25, 0.3) is 17.4 Å². The van der Waals surface area contributed by atoms with Gasteiger partial charge in [0.05, 0.1) is 10.5 Å². The number of nitro groups is 1. The second-order valence-electron chi connectivity index (χ2n) is 2.86. The molecule has 8 heteroatoms. The Bertz CT molecular complexity index is 465. The van der Waals surface area contributed by atoms with Crippen molar-refractivity contribution in [3.05, 3.63) is 33.1 Å². The van der Waals surface area contributed by atoms with Gasteiger partial charge in [0, 0.05) is 6.07 Å². The molecule has 0 unspecified atom stereocenters. The van der Waals surface area contributed by atoms with Gasteiger partial charge in [-0.15, -0.1) is 0 Å². The minimum absolute atomic E-state index is 0.193. The fraction of sp³-hybridized carbons (Fsp3) is 0.250. The second-order valence-corrected chi connectivity index (χ2v) is 3.20. The molecule has 0 radical (unpaired) electrons. The summed E-state index contributed by atoms with van der Waals surface area (Å²) < 4.78 is 24.9. The summed E-state index contributed by atoms with van der Waals surface area (Å²) in [4.78, 5) is 23.8. The molecule has 86 valence electrons. The zero-order chi connectivity index (χ0) is 12.5. The Hall–Kier alpha value is -1.63. The first-order valence-electron chi connectivity index (χ1n) is 3.98. The van der Waals surface area contributed by atoms with Gasteiger partial charge in [0.15, 0.2) is 0 Å². The Morgan fingerprint density at radius 1 is 1.62 bits per heavy atom. The number of hydrogen-bond donors (Lipinski definition) is 0. The van der Waals surface area contributed by atoms with Gasteiger partial charge in [-0.1, -0.05) is 0 Å². The van der Waals surface area contributed by atoms with Crippen molar-refractivity contribution in [3.8, 4) is 0 Å². The van der Waals surface area contributed by atoms with Crippen molar-refractivity contribution in [1.82, 2.24) is 4.98 Å². The van der Waals surface area contributed by atoms with Crippen LogP contribution in [0, 0.1) is 17.0 Å². The molecule has 1 heterocycles. The number of pyridine rings is 1. The maximum absolute atomic E-state index is 12.5. The molecule has 0 saturated carbocycles. The minimum atomic E-state index is -3.02. The van der Waals surface area contributed by atoms with Crippen LogP contribution in [0.3, 0.4) is 0 Å². The predicted molar refractivity (Wildman–Crippen MR) is 50.8 cm³/mol. The Balaban J connectivity index is 3.49. The van der Waals surface area contributed by atoms with Gasteiger partial charge in [0.2, 0.25) is 0 Å². The van der Waals surface area contributed by atoms with Crippen molar-refractivity contribution in [1.29, 1.82) is 0 Å². The maximum atomic E-state index is 12.5. The van der Waals surface area contributed by atoms with Crippen molar-refractivity contribution in [2.75, 3.05) is 0 Å². The number of carbonyl (C=O) groups excluding carboxylic acids is 1. The molecule has 0 aliphatic heterocycles. The van der Waals surface area contributed by atoms with E-state index >= 15 is 0 Å². The van der Waals surface area contributed by atoms with Crippen LogP contribution in [0.15, 0.2) is 6.07 Å². The average Bonchev–Trinajstić information content (AvgIpc) is 2.15. The number of aryl methyl sites for hydroxylation is 1. The van der Waals surface area contributed by atoms with Crippen LogP contribution in [0.5, 0.6) is 0 Å². The minimum Gasteiger partial charge on any atom is -0.276 e. The largest absolute Gasteiger partial charge is 0.291 e. The van der Waals surface area contributed by atoms with E-state index in [0.717, 1.165) is 0 Å². The van der Waals surface area contributed by atoms with E-state index in [4.69, 9.17) is 11.6 Å². The van der Waals surface area contributed by atoms with Crippen LogP contribution in [0.1, 0.15) is 28.2 Å². The third-order valence-electron chi connectivity index (χ3n) is 1.83. The molecule has 0 N–H and O–H groups in total. The summed E-state index contributed by atoms with van der Waals surface area (Å²) in [5.74, 6) is 0. The van der Waals surface area contributed by atoms with Crippen LogP contribution in [-0.4, -0.2) is 15.1 Å². The summed E-state index contributed by atoms with van der Waals surface area (Å²) in [7, 11) is 0. The Morgan fingerprint density at radius 3 is 2.56 bits per heavy atom. The zero-order valence-corrected chi connectivity index (χ0v) is 8.66. The highest BCUT2D eigenvalue weighted by Gasteiger charge is 2.24. The molecule has 1 rings (SSSR count). The number of rotatable bonds is 3. The van der Waals surface area contributed by atoms with E-state index in [0.29, 0.717) is 6.07 Å². The van der Waals surface area contributed by atoms with Crippen molar-refractivity contribution in [3.63, 3.8) is 0 Å². The van der Waals surface area contributed by atoms with Gasteiger partial charge in [-0.25, -0.2) is 13.8 Å². The molecule has 0 aliphatic rings. The van der Waals surface area contributed by atoms with E-state index in [2.05, 4.69) is 4.98 Å². The number of nitrogens with zero attached hydrogens (tertiary/aromatic N) is 2. The van der Waals surface area contributed by atoms with E-state index in [-0.39, 0.29) is 5.69 Å². The van der Waals surface area contributed by atoms with Crippen molar-refractivity contribution < 1.29 is 18.5 Å². The standard InChI is InChI=1S/C8H5ClF2N2O3/c1-3-5(13(15)16)2-4(7(9)14)6(12-3)8(10)11/h2,8H,1H3. The first kappa shape index (κ1) is 12.4. The highest BCUT2D eigenvalue weighted by atomic mass is 35.5.